The zero-order valence-electron chi connectivity index (χ0n) is 15.2. The predicted molar refractivity (Wildman–Crippen MR) is 106 cm³/mol. The lowest BCUT2D eigenvalue weighted by molar-refractivity contribution is 0.0756. The molecule has 0 N–H and O–H groups in total. The van der Waals surface area contributed by atoms with Gasteiger partial charge < -0.3 is 9.47 Å². The Labute approximate surface area is 162 Å². The molecule has 0 fully saturated rings. The molecule has 6 heteroatoms. The number of rotatable bonds is 7. The van der Waals surface area contributed by atoms with E-state index in [1.807, 2.05) is 12.1 Å². The summed E-state index contributed by atoms with van der Waals surface area (Å²) in [6.45, 7) is 7.22. The molecule has 0 spiro atoms. The van der Waals surface area contributed by atoms with E-state index in [-0.39, 0.29) is 5.91 Å². The van der Waals surface area contributed by atoms with Crippen LogP contribution < -0.4 is 0 Å². The van der Waals surface area contributed by atoms with Crippen molar-refractivity contribution in [3.63, 3.8) is 0 Å². The third-order valence-corrected chi connectivity index (χ3v) is 4.51. The summed E-state index contributed by atoms with van der Waals surface area (Å²) in [5.74, 6) is 0.0653. The number of aromatic nitrogens is 2. The topological polar surface area (TPSA) is 38.1 Å². The van der Waals surface area contributed by atoms with Gasteiger partial charge in [0.1, 0.15) is 11.6 Å². The number of aryl methyl sites for hydroxylation is 1. The average Bonchev–Trinajstić information content (AvgIpc) is 2.98. The summed E-state index contributed by atoms with van der Waals surface area (Å²) < 4.78 is 15.6. The molecule has 1 aromatic heterocycles. The van der Waals surface area contributed by atoms with Crippen molar-refractivity contribution < 1.29 is 9.18 Å². The zero-order chi connectivity index (χ0) is 19.4. The van der Waals surface area contributed by atoms with Crippen molar-refractivity contribution >= 4 is 28.5 Å². The fourth-order valence-electron chi connectivity index (χ4n) is 3.09. The molecule has 3 aromatic rings. The van der Waals surface area contributed by atoms with Crippen LogP contribution in [-0.4, -0.2) is 26.9 Å². The van der Waals surface area contributed by atoms with Gasteiger partial charge in [-0.1, -0.05) is 30.7 Å². The third kappa shape index (κ3) is 4.19. The summed E-state index contributed by atoms with van der Waals surface area (Å²) in [7, 11) is 0. The first-order valence-electron chi connectivity index (χ1n) is 8.84. The fourth-order valence-corrected chi connectivity index (χ4v) is 3.26. The Kier molecular flexibility index (Phi) is 5.91. The summed E-state index contributed by atoms with van der Waals surface area (Å²) in [6.07, 6.45) is 2.57. The maximum absolute atomic E-state index is 13.5. The first-order valence-corrected chi connectivity index (χ1v) is 9.21. The van der Waals surface area contributed by atoms with Crippen LogP contribution in [0.3, 0.4) is 0 Å². The molecule has 0 unspecified atom stereocenters. The number of benzene rings is 2. The summed E-state index contributed by atoms with van der Waals surface area (Å²) in [5.41, 5.74) is 2.08. The number of fused-ring (bicyclic) bond motifs is 1. The van der Waals surface area contributed by atoms with Gasteiger partial charge in [-0.05, 0) is 42.8 Å². The summed E-state index contributed by atoms with van der Waals surface area (Å²) in [4.78, 5) is 19.2. The van der Waals surface area contributed by atoms with Crippen molar-refractivity contribution in [2.45, 2.75) is 26.4 Å². The molecule has 2 aromatic carbocycles. The number of hydrogen-bond acceptors (Lipinski definition) is 2. The number of hydrogen-bond donors (Lipinski definition) is 0. The second-order valence-corrected chi connectivity index (χ2v) is 6.73. The molecule has 0 atom stereocenters. The van der Waals surface area contributed by atoms with Crippen molar-refractivity contribution in [3.05, 3.63) is 77.3 Å². The van der Waals surface area contributed by atoms with Crippen molar-refractivity contribution in [1.82, 2.24) is 14.5 Å². The summed E-state index contributed by atoms with van der Waals surface area (Å²) in [5, 5.41) is 0.644. The molecule has 27 heavy (non-hydrogen) atoms. The minimum atomic E-state index is -0.438. The van der Waals surface area contributed by atoms with Gasteiger partial charge in [-0.3, -0.25) is 4.79 Å². The van der Waals surface area contributed by atoms with Crippen LogP contribution in [0.5, 0.6) is 0 Å². The minimum absolute atomic E-state index is 0.262. The number of halogens is 2. The van der Waals surface area contributed by atoms with Gasteiger partial charge in [-0.15, -0.1) is 6.58 Å². The molecule has 0 aliphatic carbocycles. The molecule has 0 radical (unpaired) electrons. The summed E-state index contributed by atoms with van der Waals surface area (Å²) >= 11 is 6.15. The number of carbonyl (C=O) groups is 1. The minimum Gasteiger partial charge on any atom is -0.327 e. The molecule has 0 aliphatic rings. The Balaban J connectivity index is 1.97. The number of carbonyl (C=O) groups excluding carboxylic acids is 1. The molecule has 3 rings (SSSR count). The smallest absolute Gasteiger partial charge is 0.254 e. The SMILES string of the molecule is C=CCN(Cc1nc2ccc(Cl)cc2n1CCC)C(=O)c1cccc(F)c1. The normalized spacial score (nSPS) is 10.9. The van der Waals surface area contributed by atoms with Gasteiger partial charge in [0.25, 0.3) is 5.91 Å². The van der Waals surface area contributed by atoms with Crippen molar-refractivity contribution in [3.8, 4) is 0 Å². The van der Waals surface area contributed by atoms with Crippen LogP contribution in [0.2, 0.25) is 5.02 Å². The maximum atomic E-state index is 13.5. The number of imidazole rings is 1. The summed E-state index contributed by atoms with van der Waals surface area (Å²) in [6, 6.07) is 11.3. The zero-order valence-corrected chi connectivity index (χ0v) is 15.9. The predicted octanol–water partition coefficient (Wildman–Crippen LogP) is 5.07. The van der Waals surface area contributed by atoms with Crippen LogP contribution in [0, 0.1) is 5.82 Å². The van der Waals surface area contributed by atoms with Gasteiger partial charge in [0.15, 0.2) is 0 Å². The van der Waals surface area contributed by atoms with E-state index in [1.165, 1.54) is 18.2 Å². The third-order valence-electron chi connectivity index (χ3n) is 4.28. The van der Waals surface area contributed by atoms with Gasteiger partial charge in [-0.25, -0.2) is 9.37 Å². The van der Waals surface area contributed by atoms with Crippen molar-refractivity contribution in [1.29, 1.82) is 0 Å². The first-order chi connectivity index (χ1) is 13.0. The number of amides is 1. The second-order valence-electron chi connectivity index (χ2n) is 6.30. The molecular formula is C21H21ClFN3O. The Morgan fingerprint density at radius 1 is 1.33 bits per heavy atom. The van der Waals surface area contributed by atoms with Crippen LogP contribution in [0.25, 0.3) is 11.0 Å². The van der Waals surface area contributed by atoms with Crippen LogP contribution >= 0.6 is 11.6 Å². The van der Waals surface area contributed by atoms with Crippen LogP contribution in [0.4, 0.5) is 4.39 Å². The molecule has 1 heterocycles. The molecule has 0 bridgehead atoms. The standard InChI is InChI=1S/C21H21ClFN3O/c1-3-10-25(21(27)15-6-5-7-17(23)12-15)14-20-24-18-9-8-16(22)13-19(18)26(20)11-4-2/h3,5-9,12-13H,1,4,10-11,14H2,2H3. The van der Waals surface area contributed by atoms with E-state index < -0.39 is 5.82 Å². The van der Waals surface area contributed by atoms with E-state index in [2.05, 4.69) is 18.1 Å². The first kappa shape index (κ1) is 19.1. The Bertz CT molecular complexity index is 983. The molecule has 0 saturated carbocycles. The van der Waals surface area contributed by atoms with Gasteiger partial charge in [0, 0.05) is 23.7 Å². The van der Waals surface area contributed by atoms with Gasteiger partial charge >= 0.3 is 0 Å². The van der Waals surface area contributed by atoms with E-state index in [9.17, 15) is 9.18 Å². The highest BCUT2D eigenvalue weighted by molar-refractivity contribution is 6.31. The average molecular weight is 386 g/mol. The number of nitrogens with zero attached hydrogens (tertiary/aromatic N) is 3. The Hall–Kier alpha value is -2.66. The van der Waals surface area contributed by atoms with Crippen LogP contribution in [0.15, 0.2) is 55.1 Å². The largest absolute Gasteiger partial charge is 0.327 e. The van der Waals surface area contributed by atoms with Crippen LogP contribution in [0.1, 0.15) is 29.5 Å². The highest BCUT2D eigenvalue weighted by Crippen LogP contribution is 2.22. The molecular weight excluding hydrogens is 365 g/mol. The molecule has 1 amide bonds. The lowest BCUT2D eigenvalue weighted by Crippen LogP contribution is -2.32. The van der Waals surface area contributed by atoms with E-state index in [0.717, 1.165) is 29.8 Å². The lowest BCUT2D eigenvalue weighted by Gasteiger charge is -2.21. The van der Waals surface area contributed by atoms with Gasteiger partial charge in [0.05, 0.1) is 17.6 Å². The fraction of sp³-hybridized carbons (Fsp3) is 0.238. The highest BCUT2D eigenvalue weighted by Gasteiger charge is 2.19. The van der Waals surface area contributed by atoms with Crippen molar-refractivity contribution in [2.75, 3.05) is 6.54 Å². The van der Waals surface area contributed by atoms with Crippen LogP contribution in [-0.2, 0) is 13.1 Å². The van der Waals surface area contributed by atoms with Gasteiger partial charge in [-0.2, -0.15) is 0 Å². The Morgan fingerprint density at radius 2 is 2.15 bits per heavy atom. The Morgan fingerprint density at radius 3 is 2.85 bits per heavy atom. The second kappa shape index (κ2) is 8.35. The maximum Gasteiger partial charge on any atom is 0.254 e. The van der Waals surface area contributed by atoms with Crippen molar-refractivity contribution in [2.24, 2.45) is 0 Å². The molecule has 4 nitrogen and oxygen atoms in total. The monoisotopic (exact) mass is 385 g/mol. The highest BCUT2D eigenvalue weighted by atomic mass is 35.5. The molecule has 140 valence electrons. The quantitative estimate of drug-likeness (QED) is 0.533. The van der Waals surface area contributed by atoms with E-state index >= 15 is 0 Å². The molecule has 0 aliphatic heterocycles. The van der Waals surface area contributed by atoms with E-state index in [4.69, 9.17) is 16.6 Å². The van der Waals surface area contributed by atoms with Gasteiger partial charge in [0.2, 0.25) is 0 Å². The van der Waals surface area contributed by atoms with E-state index in [0.29, 0.717) is 23.7 Å². The molecule has 0 saturated heterocycles. The van der Waals surface area contributed by atoms with E-state index in [1.54, 1.807) is 23.1 Å². The lowest BCUT2D eigenvalue weighted by atomic mass is 10.2.